The average molecular weight is 530 g/mol. The Balaban J connectivity index is 1.33. The third-order valence-electron chi connectivity index (χ3n) is 8.31. The van der Waals surface area contributed by atoms with Gasteiger partial charge in [-0.05, 0) is 47.9 Å². The minimum atomic E-state index is 0.882. The molecule has 10 rings (SSSR count). The second kappa shape index (κ2) is 7.29. The van der Waals surface area contributed by atoms with Crippen LogP contribution < -0.4 is 0 Å². The van der Waals surface area contributed by atoms with E-state index in [1.165, 1.54) is 41.8 Å². The fourth-order valence-electron chi connectivity index (χ4n) is 6.61. The number of benzene rings is 5. The molecule has 5 aromatic carbocycles. The molecule has 10 aromatic rings. The lowest BCUT2D eigenvalue weighted by molar-refractivity contribution is 0.649. The van der Waals surface area contributed by atoms with Crippen molar-refractivity contribution in [1.29, 1.82) is 0 Å². The summed E-state index contributed by atoms with van der Waals surface area (Å²) in [6.45, 7) is 0. The molecule has 0 aliphatic carbocycles. The predicted octanol–water partition coefficient (Wildman–Crippen LogP) is 9.85. The summed E-state index contributed by atoms with van der Waals surface area (Å²) in [6.07, 6.45) is 0. The summed E-state index contributed by atoms with van der Waals surface area (Å²) in [4.78, 5) is 5.22. The van der Waals surface area contributed by atoms with Crippen molar-refractivity contribution in [2.45, 2.75) is 0 Å². The summed E-state index contributed by atoms with van der Waals surface area (Å²) in [5.74, 6) is 0. The highest BCUT2D eigenvalue weighted by Gasteiger charge is 2.23. The number of hydrogen-bond acceptors (Lipinski definition) is 3. The number of imidazole rings is 1. The summed E-state index contributed by atoms with van der Waals surface area (Å²) < 4.78 is 13.7. The second-order valence-electron chi connectivity index (χ2n) is 10.4. The highest BCUT2D eigenvalue weighted by atomic mass is 32.1. The Morgan fingerprint density at radius 2 is 1.30 bits per heavy atom. The Kier molecular flexibility index (Phi) is 3.79. The third-order valence-corrected chi connectivity index (χ3v) is 9.48. The maximum Gasteiger partial charge on any atom is 0.214 e. The first-order valence-electron chi connectivity index (χ1n) is 13.4. The van der Waals surface area contributed by atoms with E-state index in [1.807, 2.05) is 0 Å². The Morgan fingerprint density at radius 1 is 0.600 bits per heavy atom. The molecule has 0 saturated heterocycles. The molecule has 0 amide bonds. The molecule has 0 atom stereocenters. The molecule has 0 spiro atoms. The lowest BCUT2D eigenvalue weighted by atomic mass is 10.1. The number of thiophene rings is 1. The first kappa shape index (κ1) is 20.8. The molecular weight excluding hydrogens is 510 g/mol. The highest BCUT2D eigenvalue weighted by Crippen LogP contribution is 2.45. The minimum Gasteiger partial charge on any atom is -0.438 e. The molecule has 186 valence electrons. The smallest absolute Gasteiger partial charge is 0.214 e. The van der Waals surface area contributed by atoms with Gasteiger partial charge in [0.25, 0.3) is 0 Å². The van der Waals surface area contributed by atoms with Crippen molar-refractivity contribution in [3.8, 4) is 5.69 Å². The lowest BCUT2D eigenvalue weighted by Gasteiger charge is -2.09. The van der Waals surface area contributed by atoms with E-state index in [-0.39, 0.29) is 0 Å². The summed E-state index contributed by atoms with van der Waals surface area (Å²) in [5, 5.41) is 7.17. The summed E-state index contributed by atoms with van der Waals surface area (Å²) in [5.41, 5.74) is 8.23. The first-order chi connectivity index (χ1) is 19.8. The fraction of sp³-hybridized carbons (Fsp3) is 0. The van der Waals surface area contributed by atoms with Gasteiger partial charge >= 0.3 is 0 Å². The number of hydrogen-bond donors (Lipinski definition) is 0. The van der Waals surface area contributed by atoms with Crippen LogP contribution in [-0.4, -0.2) is 14.0 Å². The molecule has 0 N–H and O–H groups in total. The summed E-state index contributed by atoms with van der Waals surface area (Å²) >= 11 is 1.81. The quantitative estimate of drug-likeness (QED) is 0.198. The molecular formula is C35H19N3OS. The first-order valence-corrected chi connectivity index (χ1v) is 14.2. The van der Waals surface area contributed by atoms with Crippen LogP contribution in [0.4, 0.5) is 0 Å². The van der Waals surface area contributed by atoms with Crippen molar-refractivity contribution in [3.05, 3.63) is 115 Å². The maximum atomic E-state index is 6.71. The second-order valence-corrected chi connectivity index (χ2v) is 11.5. The highest BCUT2D eigenvalue weighted by molar-refractivity contribution is 7.26. The number of pyridine rings is 1. The zero-order chi connectivity index (χ0) is 25.9. The molecule has 0 radical (unpaired) electrons. The van der Waals surface area contributed by atoms with Gasteiger partial charge in [0.15, 0.2) is 5.58 Å². The van der Waals surface area contributed by atoms with Gasteiger partial charge in [-0.1, -0.05) is 72.8 Å². The molecule has 5 heterocycles. The summed E-state index contributed by atoms with van der Waals surface area (Å²) in [6, 6.07) is 40.9. The van der Waals surface area contributed by atoms with Gasteiger partial charge in [-0.25, -0.2) is 4.98 Å². The fourth-order valence-corrected chi connectivity index (χ4v) is 7.80. The van der Waals surface area contributed by atoms with Crippen molar-refractivity contribution < 1.29 is 4.42 Å². The van der Waals surface area contributed by atoms with Crippen LogP contribution in [0.3, 0.4) is 0 Å². The van der Waals surface area contributed by atoms with E-state index in [0.717, 1.165) is 44.6 Å². The molecule has 5 heteroatoms. The van der Waals surface area contributed by atoms with Crippen molar-refractivity contribution in [3.63, 3.8) is 0 Å². The topological polar surface area (TPSA) is 35.4 Å². The van der Waals surface area contributed by atoms with Gasteiger partial charge < -0.3 is 4.42 Å². The molecule has 5 aromatic heterocycles. The number of rotatable bonds is 1. The number of furan rings is 1. The number of fused-ring (bicyclic) bond motifs is 15. The van der Waals surface area contributed by atoms with Crippen molar-refractivity contribution in [2.24, 2.45) is 0 Å². The van der Waals surface area contributed by atoms with Gasteiger partial charge in [0.2, 0.25) is 5.71 Å². The van der Waals surface area contributed by atoms with Crippen LogP contribution in [0.15, 0.2) is 120 Å². The van der Waals surface area contributed by atoms with Crippen LogP contribution in [-0.2, 0) is 0 Å². The van der Waals surface area contributed by atoms with Gasteiger partial charge in [0.1, 0.15) is 5.65 Å². The molecule has 0 aliphatic rings. The van der Waals surface area contributed by atoms with Crippen LogP contribution >= 0.6 is 11.3 Å². The number of nitrogens with zero attached hydrogens (tertiary/aromatic N) is 3. The number of aromatic nitrogens is 3. The van der Waals surface area contributed by atoms with Gasteiger partial charge in [0.05, 0.1) is 37.8 Å². The van der Waals surface area contributed by atoms with Crippen LogP contribution in [0.2, 0.25) is 0 Å². The standard InChI is InChI=1S/C35H19N3OS/c1-2-11-23-21(9-1)22-10-3-6-14-27(22)38-29-18-17-20(19-26(29)36-34(23)38)37-28-15-7-4-12-24(28)31-33-32(39-35(31)37)25-13-5-8-16-30(25)40-33/h1-19H. The normalized spacial score (nSPS) is 12.5. The van der Waals surface area contributed by atoms with E-state index in [0.29, 0.717) is 0 Å². The third kappa shape index (κ3) is 2.49. The van der Waals surface area contributed by atoms with Crippen molar-refractivity contribution in [2.75, 3.05) is 0 Å². The van der Waals surface area contributed by atoms with E-state index in [9.17, 15) is 0 Å². The Labute approximate surface area is 230 Å². The Morgan fingerprint density at radius 3 is 2.17 bits per heavy atom. The Hall–Kier alpha value is -5.13. The zero-order valence-corrected chi connectivity index (χ0v) is 21.9. The van der Waals surface area contributed by atoms with Gasteiger partial charge in [-0.2, -0.15) is 0 Å². The monoisotopic (exact) mass is 529 g/mol. The zero-order valence-electron chi connectivity index (χ0n) is 21.1. The lowest BCUT2D eigenvalue weighted by Crippen LogP contribution is -1.94. The van der Waals surface area contributed by atoms with Gasteiger partial charge in [-0.3, -0.25) is 8.97 Å². The van der Waals surface area contributed by atoms with E-state index < -0.39 is 0 Å². The molecule has 0 fully saturated rings. The molecule has 40 heavy (non-hydrogen) atoms. The minimum absolute atomic E-state index is 0.882. The molecule has 0 bridgehead atoms. The average Bonchev–Trinajstić information content (AvgIpc) is 3.74. The maximum absolute atomic E-state index is 6.71. The van der Waals surface area contributed by atoms with Crippen LogP contribution in [0.5, 0.6) is 0 Å². The predicted molar refractivity (Wildman–Crippen MR) is 167 cm³/mol. The molecule has 4 nitrogen and oxygen atoms in total. The van der Waals surface area contributed by atoms with Crippen molar-refractivity contribution in [1.82, 2.24) is 14.0 Å². The van der Waals surface area contributed by atoms with Gasteiger partial charge in [0, 0.05) is 26.2 Å². The Bertz CT molecular complexity index is 2670. The van der Waals surface area contributed by atoms with Crippen LogP contribution in [0, 0.1) is 0 Å². The van der Waals surface area contributed by atoms with E-state index in [4.69, 9.17) is 9.40 Å². The molecule has 0 unspecified atom stereocenters. The van der Waals surface area contributed by atoms with Crippen LogP contribution in [0.25, 0.3) is 86.4 Å². The SMILES string of the molecule is c1ccc2c(c1)sc1c2oc2c1c1ccccc1n2-c1ccc2c(c1)nc1c3ccccc3c3ccccc3n21. The largest absolute Gasteiger partial charge is 0.438 e. The van der Waals surface area contributed by atoms with E-state index in [1.54, 1.807) is 11.3 Å². The van der Waals surface area contributed by atoms with Gasteiger partial charge in [-0.15, -0.1) is 11.3 Å². The van der Waals surface area contributed by atoms with Crippen molar-refractivity contribution >= 4 is 92.1 Å². The summed E-state index contributed by atoms with van der Waals surface area (Å²) in [7, 11) is 0. The number of para-hydroxylation sites is 2. The van der Waals surface area contributed by atoms with Crippen LogP contribution in [0.1, 0.15) is 0 Å². The van der Waals surface area contributed by atoms with E-state index >= 15 is 0 Å². The van der Waals surface area contributed by atoms with E-state index in [2.05, 4.69) is 124 Å². The molecule has 0 saturated carbocycles. The molecule has 0 aliphatic heterocycles.